The molecule has 0 aliphatic carbocycles. The molecule has 0 saturated carbocycles. The Morgan fingerprint density at radius 1 is 1.12 bits per heavy atom. The summed E-state index contributed by atoms with van der Waals surface area (Å²) in [4.78, 5) is 28.4. The van der Waals surface area contributed by atoms with Crippen molar-refractivity contribution in [3.8, 4) is 11.1 Å². The SMILES string of the molecule is CC(C)(C)OC(=O)Nc1ccc(Cl)c(F)c1-c1ccc(C(Cc2ccccc2)C(=O)O)nc1. The lowest BCUT2D eigenvalue weighted by molar-refractivity contribution is -0.138. The van der Waals surface area contributed by atoms with Gasteiger partial charge in [-0.1, -0.05) is 48.0 Å². The number of hydrogen-bond acceptors (Lipinski definition) is 4. The number of pyridine rings is 1. The fourth-order valence-corrected chi connectivity index (χ4v) is 3.44. The van der Waals surface area contributed by atoms with Gasteiger partial charge in [0.1, 0.15) is 11.5 Å². The number of nitrogens with one attached hydrogen (secondary N) is 1. The predicted molar refractivity (Wildman–Crippen MR) is 125 cm³/mol. The van der Waals surface area contributed by atoms with E-state index in [1.807, 2.05) is 30.3 Å². The number of hydrogen-bond donors (Lipinski definition) is 2. The average Bonchev–Trinajstić information content (AvgIpc) is 2.74. The Balaban J connectivity index is 1.93. The van der Waals surface area contributed by atoms with Gasteiger partial charge in [0.05, 0.1) is 16.4 Å². The molecule has 3 aromatic rings. The van der Waals surface area contributed by atoms with Crippen LogP contribution < -0.4 is 5.32 Å². The molecule has 2 N–H and O–H groups in total. The van der Waals surface area contributed by atoms with E-state index in [2.05, 4.69) is 10.3 Å². The minimum atomic E-state index is -1.01. The number of ether oxygens (including phenoxy) is 1. The van der Waals surface area contributed by atoms with Crippen molar-refractivity contribution in [3.05, 3.63) is 82.9 Å². The molecule has 1 aromatic heterocycles. The van der Waals surface area contributed by atoms with Gasteiger partial charge in [-0.05, 0) is 51.0 Å². The molecule has 3 rings (SSSR count). The minimum absolute atomic E-state index is 0.0299. The number of benzene rings is 2. The quantitative estimate of drug-likeness (QED) is 0.441. The van der Waals surface area contributed by atoms with E-state index >= 15 is 0 Å². The number of nitrogens with zero attached hydrogens (tertiary/aromatic N) is 1. The van der Waals surface area contributed by atoms with Gasteiger partial charge in [0.15, 0.2) is 5.82 Å². The van der Waals surface area contributed by atoms with Crippen LogP contribution in [0.25, 0.3) is 11.1 Å². The molecule has 0 fully saturated rings. The number of carboxylic acids is 1. The lowest BCUT2D eigenvalue weighted by atomic mass is 9.95. The molecule has 0 aliphatic rings. The Hall–Kier alpha value is -3.45. The predicted octanol–water partition coefficient (Wildman–Crippen LogP) is 6.30. The van der Waals surface area contributed by atoms with Gasteiger partial charge < -0.3 is 9.84 Å². The Morgan fingerprint density at radius 2 is 1.82 bits per heavy atom. The molecule has 1 unspecified atom stereocenters. The highest BCUT2D eigenvalue weighted by Crippen LogP contribution is 2.35. The van der Waals surface area contributed by atoms with Crippen molar-refractivity contribution >= 4 is 29.4 Å². The first kappa shape index (κ1) is 24.2. The fraction of sp³-hybridized carbons (Fsp3) is 0.240. The molecule has 2 aromatic carbocycles. The molecule has 1 atom stereocenters. The van der Waals surface area contributed by atoms with Crippen molar-refractivity contribution in [2.45, 2.75) is 38.7 Å². The Morgan fingerprint density at radius 3 is 2.39 bits per heavy atom. The monoisotopic (exact) mass is 470 g/mol. The topological polar surface area (TPSA) is 88.5 Å². The van der Waals surface area contributed by atoms with E-state index in [9.17, 15) is 19.1 Å². The number of carbonyl (C=O) groups excluding carboxylic acids is 1. The largest absolute Gasteiger partial charge is 0.481 e. The second-order valence-corrected chi connectivity index (χ2v) is 8.87. The number of carbonyl (C=O) groups is 2. The van der Waals surface area contributed by atoms with Crippen LogP contribution in [0.3, 0.4) is 0 Å². The summed E-state index contributed by atoms with van der Waals surface area (Å²) >= 11 is 5.98. The van der Waals surface area contributed by atoms with Crippen LogP contribution in [0.1, 0.15) is 37.9 Å². The summed E-state index contributed by atoms with van der Waals surface area (Å²) in [6, 6.07) is 15.1. The first-order valence-electron chi connectivity index (χ1n) is 10.3. The van der Waals surface area contributed by atoms with Crippen LogP contribution >= 0.6 is 11.6 Å². The molecule has 0 radical (unpaired) electrons. The number of amides is 1. The number of anilines is 1. The number of carboxylic acid groups (broad SMARTS) is 1. The van der Waals surface area contributed by atoms with Crippen LogP contribution in [0.5, 0.6) is 0 Å². The van der Waals surface area contributed by atoms with Gasteiger partial charge in [-0.25, -0.2) is 9.18 Å². The van der Waals surface area contributed by atoms with E-state index in [-0.39, 0.29) is 22.7 Å². The Kier molecular flexibility index (Phi) is 7.33. The molecule has 1 amide bonds. The van der Waals surface area contributed by atoms with Crippen molar-refractivity contribution < 1.29 is 23.8 Å². The molecule has 6 nitrogen and oxygen atoms in total. The van der Waals surface area contributed by atoms with Crippen molar-refractivity contribution in [1.29, 1.82) is 0 Å². The highest BCUT2D eigenvalue weighted by atomic mass is 35.5. The van der Waals surface area contributed by atoms with Gasteiger partial charge in [-0.2, -0.15) is 0 Å². The molecule has 8 heteroatoms. The van der Waals surface area contributed by atoms with Crippen LogP contribution in [0.15, 0.2) is 60.8 Å². The summed E-state index contributed by atoms with van der Waals surface area (Å²) in [7, 11) is 0. The van der Waals surface area contributed by atoms with Crippen LogP contribution in [-0.2, 0) is 16.0 Å². The Bertz CT molecular complexity index is 1150. The molecule has 0 bridgehead atoms. The molecular weight excluding hydrogens is 447 g/mol. The van der Waals surface area contributed by atoms with E-state index in [1.54, 1.807) is 26.8 Å². The number of rotatable bonds is 6. The van der Waals surface area contributed by atoms with Crippen LogP contribution in [0.2, 0.25) is 5.02 Å². The summed E-state index contributed by atoms with van der Waals surface area (Å²) in [5.41, 5.74) is 0.971. The van der Waals surface area contributed by atoms with Crippen LogP contribution in [0, 0.1) is 5.82 Å². The van der Waals surface area contributed by atoms with Gasteiger partial charge in [0.25, 0.3) is 0 Å². The molecule has 0 aliphatic heterocycles. The number of aromatic nitrogens is 1. The maximum absolute atomic E-state index is 15.0. The first-order valence-corrected chi connectivity index (χ1v) is 10.6. The molecule has 172 valence electrons. The second kappa shape index (κ2) is 10.0. The minimum Gasteiger partial charge on any atom is -0.481 e. The van der Waals surface area contributed by atoms with E-state index in [4.69, 9.17) is 16.3 Å². The van der Waals surface area contributed by atoms with Crippen molar-refractivity contribution in [2.24, 2.45) is 0 Å². The first-order chi connectivity index (χ1) is 15.5. The summed E-state index contributed by atoms with van der Waals surface area (Å²) in [6.45, 7) is 5.15. The maximum atomic E-state index is 15.0. The maximum Gasteiger partial charge on any atom is 0.412 e. The third-order valence-corrected chi connectivity index (χ3v) is 5.04. The molecule has 1 heterocycles. The lowest BCUT2D eigenvalue weighted by Gasteiger charge is -2.21. The standard InChI is InChI=1S/C25H24ClFN2O4/c1-25(2,3)33-24(32)29-20-12-10-18(26)22(27)21(20)16-9-11-19(28-14-16)17(23(30)31)13-15-7-5-4-6-8-15/h4-12,14,17H,13H2,1-3H3,(H,29,32)(H,30,31). The molecule has 0 spiro atoms. The van der Waals surface area contributed by atoms with E-state index in [0.717, 1.165) is 5.56 Å². The summed E-state index contributed by atoms with van der Waals surface area (Å²) < 4.78 is 20.2. The van der Waals surface area contributed by atoms with E-state index < -0.39 is 29.4 Å². The fourth-order valence-electron chi connectivity index (χ4n) is 3.28. The highest BCUT2D eigenvalue weighted by molar-refractivity contribution is 6.31. The van der Waals surface area contributed by atoms with Gasteiger partial charge >= 0.3 is 12.1 Å². The normalized spacial score (nSPS) is 12.2. The van der Waals surface area contributed by atoms with Crippen molar-refractivity contribution in [1.82, 2.24) is 4.98 Å². The van der Waals surface area contributed by atoms with Gasteiger partial charge in [0.2, 0.25) is 0 Å². The summed E-state index contributed by atoms with van der Waals surface area (Å²) in [5.74, 6) is -2.62. The van der Waals surface area contributed by atoms with Gasteiger partial charge in [0, 0.05) is 17.3 Å². The lowest BCUT2D eigenvalue weighted by Crippen LogP contribution is -2.27. The van der Waals surface area contributed by atoms with Crippen molar-refractivity contribution in [2.75, 3.05) is 5.32 Å². The smallest absolute Gasteiger partial charge is 0.412 e. The second-order valence-electron chi connectivity index (χ2n) is 8.46. The summed E-state index contributed by atoms with van der Waals surface area (Å²) in [6.07, 6.45) is 0.883. The van der Waals surface area contributed by atoms with Crippen LogP contribution in [0.4, 0.5) is 14.9 Å². The number of halogens is 2. The van der Waals surface area contributed by atoms with E-state index in [0.29, 0.717) is 11.3 Å². The summed E-state index contributed by atoms with van der Waals surface area (Å²) in [5, 5.41) is 12.1. The van der Waals surface area contributed by atoms with E-state index in [1.165, 1.54) is 24.4 Å². The number of aliphatic carboxylic acids is 1. The average molecular weight is 471 g/mol. The zero-order valence-corrected chi connectivity index (χ0v) is 19.2. The van der Waals surface area contributed by atoms with Gasteiger partial charge in [-0.3, -0.25) is 15.1 Å². The zero-order valence-electron chi connectivity index (χ0n) is 18.4. The zero-order chi connectivity index (χ0) is 24.2. The Labute approximate surface area is 196 Å². The van der Waals surface area contributed by atoms with Crippen LogP contribution in [-0.4, -0.2) is 27.8 Å². The third kappa shape index (κ3) is 6.29. The van der Waals surface area contributed by atoms with Gasteiger partial charge in [-0.15, -0.1) is 0 Å². The molecule has 0 saturated heterocycles. The molecule has 33 heavy (non-hydrogen) atoms. The molecular formula is C25H24ClFN2O4. The van der Waals surface area contributed by atoms with Crippen molar-refractivity contribution in [3.63, 3.8) is 0 Å². The highest BCUT2D eigenvalue weighted by Gasteiger charge is 2.24. The third-order valence-electron chi connectivity index (χ3n) is 4.74.